The van der Waals surface area contributed by atoms with E-state index in [-0.39, 0.29) is 35.7 Å². The lowest BCUT2D eigenvalue weighted by molar-refractivity contribution is -0.121. The first-order chi connectivity index (χ1) is 13.8. The topological polar surface area (TPSA) is 92.3 Å². The summed E-state index contributed by atoms with van der Waals surface area (Å²) in [6.07, 6.45) is 0.605. The molecule has 1 heterocycles. The van der Waals surface area contributed by atoms with Gasteiger partial charge >= 0.3 is 0 Å². The van der Waals surface area contributed by atoms with Gasteiger partial charge in [0.25, 0.3) is 5.91 Å². The number of carbonyl (C=O) groups excluding carboxylic acids is 2. The number of benzene rings is 2. The molecule has 2 aromatic rings. The second kappa shape index (κ2) is 9.41. The Bertz CT molecular complexity index is 979. The van der Waals surface area contributed by atoms with Crippen LogP contribution in [-0.2, 0) is 14.6 Å². The predicted octanol–water partition coefficient (Wildman–Crippen LogP) is 2.75. The second-order valence-corrected chi connectivity index (χ2v) is 9.83. The number of hydrogen-bond acceptors (Lipinski definition) is 4. The number of carbonyl (C=O) groups is 2. The maximum atomic E-state index is 12.7. The molecule has 1 saturated heterocycles. The summed E-state index contributed by atoms with van der Waals surface area (Å²) in [5.41, 5.74) is 1.14. The number of halogens is 1. The molecule has 1 aliphatic heterocycles. The van der Waals surface area contributed by atoms with Gasteiger partial charge in [-0.05, 0) is 30.0 Å². The fraction of sp³-hybridized carbons (Fsp3) is 0.333. The molecule has 8 heteroatoms. The van der Waals surface area contributed by atoms with E-state index in [1.165, 1.54) is 0 Å². The molecule has 0 aromatic heterocycles. The van der Waals surface area contributed by atoms with Crippen LogP contribution in [0.25, 0.3) is 0 Å². The summed E-state index contributed by atoms with van der Waals surface area (Å²) in [7, 11) is -2.98. The number of sulfone groups is 1. The van der Waals surface area contributed by atoms with E-state index in [2.05, 4.69) is 10.6 Å². The molecular weight excluding hydrogens is 412 g/mol. The van der Waals surface area contributed by atoms with Crippen molar-refractivity contribution in [2.75, 3.05) is 18.1 Å². The summed E-state index contributed by atoms with van der Waals surface area (Å²) >= 11 is 6.11. The zero-order valence-electron chi connectivity index (χ0n) is 15.8. The van der Waals surface area contributed by atoms with Gasteiger partial charge in [0.05, 0.1) is 34.6 Å². The average Bonchev–Trinajstić information content (AvgIpc) is 3.05. The van der Waals surface area contributed by atoms with Gasteiger partial charge in [-0.25, -0.2) is 8.42 Å². The van der Waals surface area contributed by atoms with Crippen molar-refractivity contribution in [2.45, 2.75) is 18.9 Å². The Kier molecular flexibility index (Phi) is 6.92. The first-order valence-corrected chi connectivity index (χ1v) is 11.6. The van der Waals surface area contributed by atoms with E-state index in [9.17, 15) is 18.0 Å². The largest absolute Gasteiger partial charge is 0.356 e. The maximum Gasteiger partial charge on any atom is 0.253 e. The van der Waals surface area contributed by atoms with Gasteiger partial charge in [0, 0.05) is 6.54 Å². The third-order valence-corrected chi connectivity index (χ3v) is 7.10. The SMILES string of the molecule is O=C(CC(NC(=O)c1ccccc1Cl)c1ccccc1)NCC1CCS(=O)(=O)C1. The molecule has 2 unspecified atom stereocenters. The third kappa shape index (κ3) is 6.05. The Morgan fingerprint density at radius 3 is 2.41 bits per heavy atom. The van der Waals surface area contributed by atoms with Crippen LogP contribution in [0.1, 0.15) is 34.8 Å². The normalized spacial score (nSPS) is 18.7. The summed E-state index contributed by atoms with van der Waals surface area (Å²) in [4.78, 5) is 25.2. The fourth-order valence-electron chi connectivity index (χ4n) is 3.37. The molecule has 6 nitrogen and oxygen atoms in total. The van der Waals surface area contributed by atoms with Crippen LogP contribution in [0.15, 0.2) is 54.6 Å². The van der Waals surface area contributed by atoms with Crippen LogP contribution < -0.4 is 10.6 Å². The molecular formula is C21H23ClN2O4S. The van der Waals surface area contributed by atoms with Crippen molar-refractivity contribution in [2.24, 2.45) is 5.92 Å². The van der Waals surface area contributed by atoms with Crippen LogP contribution in [0.5, 0.6) is 0 Å². The number of rotatable bonds is 7. The molecule has 2 atom stereocenters. The molecule has 3 rings (SSSR count). The minimum Gasteiger partial charge on any atom is -0.356 e. The molecule has 2 aromatic carbocycles. The molecule has 154 valence electrons. The lowest BCUT2D eigenvalue weighted by Crippen LogP contribution is -2.35. The molecule has 0 saturated carbocycles. The van der Waals surface area contributed by atoms with E-state index >= 15 is 0 Å². The maximum absolute atomic E-state index is 12.7. The van der Waals surface area contributed by atoms with E-state index < -0.39 is 15.9 Å². The molecule has 2 N–H and O–H groups in total. The summed E-state index contributed by atoms with van der Waals surface area (Å²) in [6, 6.07) is 15.4. The van der Waals surface area contributed by atoms with Gasteiger partial charge in [0.1, 0.15) is 0 Å². The van der Waals surface area contributed by atoms with Crippen LogP contribution in [-0.4, -0.2) is 38.3 Å². The summed E-state index contributed by atoms with van der Waals surface area (Å²) < 4.78 is 23.1. The van der Waals surface area contributed by atoms with E-state index in [0.29, 0.717) is 23.6 Å². The molecule has 1 aliphatic rings. The summed E-state index contributed by atoms with van der Waals surface area (Å²) in [6.45, 7) is 0.317. The molecule has 1 fully saturated rings. The molecule has 0 spiro atoms. The number of amides is 2. The van der Waals surface area contributed by atoms with Crippen molar-refractivity contribution >= 4 is 33.3 Å². The minimum atomic E-state index is -2.98. The highest BCUT2D eigenvalue weighted by molar-refractivity contribution is 7.91. The zero-order valence-corrected chi connectivity index (χ0v) is 17.4. The van der Waals surface area contributed by atoms with E-state index in [1.807, 2.05) is 30.3 Å². The molecule has 2 amide bonds. The zero-order chi connectivity index (χ0) is 20.9. The Labute approximate surface area is 175 Å². The lowest BCUT2D eigenvalue weighted by atomic mass is 10.0. The van der Waals surface area contributed by atoms with Gasteiger partial charge in [0.15, 0.2) is 9.84 Å². The fourth-order valence-corrected chi connectivity index (χ4v) is 5.45. The lowest BCUT2D eigenvalue weighted by Gasteiger charge is -2.20. The van der Waals surface area contributed by atoms with Gasteiger partial charge < -0.3 is 10.6 Å². The minimum absolute atomic E-state index is 0.0413. The number of nitrogens with one attached hydrogen (secondary N) is 2. The van der Waals surface area contributed by atoms with Crippen LogP contribution in [0.4, 0.5) is 0 Å². The van der Waals surface area contributed by atoms with Crippen LogP contribution in [0, 0.1) is 5.92 Å². The van der Waals surface area contributed by atoms with Gasteiger partial charge in [-0.2, -0.15) is 0 Å². The van der Waals surface area contributed by atoms with Crippen LogP contribution in [0.3, 0.4) is 0 Å². The van der Waals surface area contributed by atoms with E-state index in [0.717, 1.165) is 5.56 Å². The highest BCUT2D eigenvalue weighted by atomic mass is 35.5. The highest BCUT2D eigenvalue weighted by Crippen LogP contribution is 2.21. The Balaban J connectivity index is 1.65. The number of hydrogen-bond donors (Lipinski definition) is 2. The third-order valence-electron chi connectivity index (χ3n) is 4.93. The Morgan fingerprint density at radius 1 is 1.07 bits per heavy atom. The van der Waals surface area contributed by atoms with Crippen molar-refractivity contribution in [3.8, 4) is 0 Å². The van der Waals surface area contributed by atoms with Crippen molar-refractivity contribution in [3.63, 3.8) is 0 Å². The molecule has 29 heavy (non-hydrogen) atoms. The van der Waals surface area contributed by atoms with Gasteiger partial charge in [-0.3, -0.25) is 9.59 Å². The summed E-state index contributed by atoms with van der Waals surface area (Å²) in [5, 5.41) is 6.03. The first-order valence-electron chi connectivity index (χ1n) is 9.41. The monoisotopic (exact) mass is 434 g/mol. The van der Waals surface area contributed by atoms with E-state index in [4.69, 9.17) is 11.6 Å². The summed E-state index contributed by atoms with van der Waals surface area (Å²) in [5.74, 6) is -0.384. The predicted molar refractivity (Wildman–Crippen MR) is 112 cm³/mol. The molecule has 0 radical (unpaired) electrons. The van der Waals surface area contributed by atoms with E-state index in [1.54, 1.807) is 24.3 Å². The first kappa shape index (κ1) is 21.3. The quantitative estimate of drug-likeness (QED) is 0.700. The Hall–Kier alpha value is -2.38. The Morgan fingerprint density at radius 2 is 1.76 bits per heavy atom. The van der Waals surface area contributed by atoms with Crippen molar-refractivity contribution in [1.82, 2.24) is 10.6 Å². The van der Waals surface area contributed by atoms with Crippen LogP contribution in [0.2, 0.25) is 5.02 Å². The second-order valence-electron chi connectivity index (χ2n) is 7.19. The van der Waals surface area contributed by atoms with Crippen molar-refractivity contribution in [1.29, 1.82) is 0 Å². The van der Waals surface area contributed by atoms with Crippen molar-refractivity contribution in [3.05, 3.63) is 70.7 Å². The standard InChI is InChI=1S/C21H23ClN2O4S/c22-18-9-5-4-8-17(18)21(26)24-19(16-6-2-1-3-7-16)12-20(25)23-13-15-10-11-29(27,28)14-15/h1-9,15,19H,10-14H2,(H,23,25)(H,24,26). The van der Waals surface area contributed by atoms with Crippen LogP contribution >= 0.6 is 11.6 Å². The average molecular weight is 435 g/mol. The van der Waals surface area contributed by atoms with Gasteiger partial charge in [-0.1, -0.05) is 54.1 Å². The smallest absolute Gasteiger partial charge is 0.253 e. The van der Waals surface area contributed by atoms with Gasteiger partial charge in [0.2, 0.25) is 5.91 Å². The molecule has 0 bridgehead atoms. The highest BCUT2D eigenvalue weighted by Gasteiger charge is 2.28. The van der Waals surface area contributed by atoms with Crippen molar-refractivity contribution < 1.29 is 18.0 Å². The van der Waals surface area contributed by atoms with Gasteiger partial charge in [-0.15, -0.1) is 0 Å². The molecule has 0 aliphatic carbocycles.